The number of aromatic nitrogens is 2. The maximum Gasteiger partial charge on any atom is 0.416 e. The molecule has 5 nitrogen and oxygen atoms in total. The topological polar surface area (TPSA) is 47.2 Å². The average Bonchev–Trinajstić information content (AvgIpc) is 3.25. The number of hydrogen-bond acceptors (Lipinski definition) is 3. The molecule has 2 heterocycles. The fourth-order valence-electron chi connectivity index (χ4n) is 4.11. The van der Waals surface area contributed by atoms with Crippen LogP contribution in [0.5, 0.6) is 0 Å². The van der Waals surface area contributed by atoms with Gasteiger partial charge in [-0.05, 0) is 62.0 Å². The number of rotatable bonds is 7. The number of nitrogens with zero attached hydrogens (tertiary/aromatic N) is 3. The van der Waals surface area contributed by atoms with Crippen LogP contribution >= 0.6 is 12.2 Å². The molecule has 2 aromatic rings. The van der Waals surface area contributed by atoms with Crippen molar-refractivity contribution in [3.63, 3.8) is 0 Å². The molecule has 0 bridgehead atoms. The Morgan fingerprint density at radius 2 is 1.74 bits per heavy atom. The van der Waals surface area contributed by atoms with Crippen LogP contribution in [0, 0.1) is 0 Å². The average molecular weight is 508 g/mol. The summed E-state index contributed by atoms with van der Waals surface area (Å²) in [6, 6.07) is 0.645. The van der Waals surface area contributed by atoms with Gasteiger partial charge in [-0.15, -0.1) is 0 Å². The molecule has 12 heteroatoms. The first-order valence-corrected chi connectivity index (χ1v) is 11.4. The highest BCUT2D eigenvalue weighted by Gasteiger charge is 2.40. The minimum Gasteiger partial charge on any atom is -0.362 e. The second-order valence-corrected chi connectivity index (χ2v) is 8.45. The number of fused-ring (bicyclic) bond motifs is 1. The standard InChI is InChI=1S/C22H27F6N5S/c1-3-32(4-2)8-5-7-29-20(34)33-9-6-17-18(31-13-30-17)19(33)14-10-15(21(23,24)25)12-16(11-14)22(26,27)28/h10-13,19H,3-9H2,1-2H3,(H,29,34)(H,30,31). The summed E-state index contributed by atoms with van der Waals surface area (Å²) < 4.78 is 80.9. The minimum atomic E-state index is -4.94. The van der Waals surface area contributed by atoms with E-state index in [0.717, 1.165) is 38.2 Å². The van der Waals surface area contributed by atoms with Crippen LogP contribution in [0.15, 0.2) is 24.5 Å². The number of hydrogen-bond donors (Lipinski definition) is 2. The van der Waals surface area contributed by atoms with E-state index in [-0.39, 0.29) is 16.7 Å². The summed E-state index contributed by atoms with van der Waals surface area (Å²) in [5.41, 5.74) is -1.86. The van der Waals surface area contributed by atoms with Gasteiger partial charge in [0, 0.05) is 25.2 Å². The van der Waals surface area contributed by atoms with Gasteiger partial charge in [-0.3, -0.25) is 0 Å². The minimum absolute atomic E-state index is 0.131. The van der Waals surface area contributed by atoms with Crippen molar-refractivity contribution in [3.05, 3.63) is 52.6 Å². The van der Waals surface area contributed by atoms with E-state index in [9.17, 15) is 26.3 Å². The summed E-state index contributed by atoms with van der Waals surface area (Å²) in [5, 5.41) is 3.38. The summed E-state index contributed by atoms with van der Waals surface area (Å²) in [7, 11) is 0. The Labute approximate surface area is 199 Å². The molecular formula is C22H27F6N5S. The van der Waals surface area contributed by atoms with Gasteiger partial charge >= 0.3 is 12.4 Å². The predicted octanol–water partition coefficient (Wildman–Crippen LogP) is 5.00. The van der Waals surface area contributed by atoms with Gasteiger partial charge in [0.2, 0.25) is 0 Å². The molecule has 1 aliphatic rings. The fraction of sp³-hybridized carbons (Fsp3) is 0.545. The Hall–Kier alpha value is -2.34. The number of benzene rings is 1. The molecule has 0 amide bonds. The zero-order chi connectivity index (χ0) is 25.1. The van der Waals surface area contributed by atoms with Gasteiger partial charge in [0.15, 0.2) is 5.11 Å². The van der Waals surface area contributed by atoms with E-state index in [1.165, 1.54) is 6.33 Å². The molecule has 3 rings (SSSR count). The van der Waals surface area contributed by atoms with E-state index in [0.29, 0.717) is 30.9 Å². The van der Waals surface area contributed by atoms with E-state index in [1.807, 2.05) is 0 Å². The summed E-state index contributed by atoms with van der Waals surface area (Å²) in [4.78, 5) is 11.0. The number of alkyl halides is 6. The first-order valence-electron chi connectivity index (χ1n) is 11.0. The van der Waals surface area contributed by atoms with Crippen molar-refractivity contribution >= 4 is 17.3 Å². The summed E-state index contributed by atoms with van der Waals surface area (Å²) in [6.07, 6.45) is -7.21. The van der Waals surface area contributed by atoms with E-state index in [2.05, 4.69) is 34.0 Å². The Morgan fingerprint density at radius 3 is 2.29 bits per heavy atom. The van der Waals surface area contributed by atoms with Crippen molar-refractivity contribution in [2.75, 3.05) is 32.7 Å². The molecule has 2 N–H and O–H groups in total. The molecule has 188 valence electrons. The third kappa shape index (κ3) is 6.01. The van der Waals surface area contributed by atoms with Crippen LogP contribution in [0.1, 0.15) is 54.4 Å². The lowest BCUT2D eigenvalue weighted by Crippen LogP contribution is -2.46. The predicted molar refractivity (Wildman–Crippen MR) is 120 cm³/mol. The van der Waals surface area contributed by atoms with Crippen LogP contribution in [-0.4, -0.2) is 57.6 Å². The zero-order valence-electron chi connectivity index (χ0n) is 18.9. The lowest BCUT2D eigenvalue weighted by atomic mass is 9.92. The lowest BCUT2D eigenvalue weighted by molar-refractivity contribution is -0.143. The van der Waals surface area contributed by atoms with E-state index in [4.69, 9.17) is 12.2 Å². The van der Waals surface area contributed by atoms with Crippen molar-refractivity contribution in [2.45, 2.75) is 45.1 Å². The van der Waals surface area contributed by atoms with Gasteiger partial charge < -0.3 is 20.1 Å². The number of nitrogens with one attached hydrogen (secondary N) is 2. The van der Waals surface area contributed by atoms with Crippen molar-refractivity contribution in [1.29, 1.82) is 0 Å². The van der Waals surface area contributed by atoms with Gasteiger partial charge in [-0.2, -0.15) is 26.3 Å². The summed E-state index contributed by atoms with van der Waals surface area (Å²) in [5.74, 6) is 0. The van der Waals surface area contributed by atoms with Crippen molar-refractivity contribution in [1.82, 2.24) is 25.1 Å². The molecule has 1 unspecified atom stereocenters. The van der Waals surface area contributed by atoms with Crippen LogP contribution in [0.25, 0.3) is 0 Å². The van der Waals surface area contributed by atoms with Gasteiger partial charge in [0.05, 0.1) is 23.1 Å². The molecule has 0 saturated heterocycles. The van der Waals surface area contributed by atoms with Gasteiger partial charge in [-0.1, -0.05) is 13.8 Å². The molecule has 0 aliphatic carbocycles. The highest BCUT2D eigenvalue weighted by atomic mass is 32.1. The quantitative estimate of drug-likeness (QED) is 0.314. The molecule has 0 spiro atoms. The van der Waals surface area contributed by atoms with E-state index in [1.54, 1.807) is 4.90 Å². The number of imidazole rings is 1. The molecule has 0 saturated carbocycles. The Morgan fingerprint density at radius 1 is 1.12 bits per heavy atom. The molecular weight excluding hydrogens is 480 g/mol. The number of aromatic amines is 1. The van der Waals surface area contributed by atoms with Crippen LogP contribution in [0.3, 0.4) is 0 Å². The summed E-state index contributed by atoms with van der Waals surface area (Å²) >= 11 is 5.52. The number of halogens is 6. The van der Waals surface area contributed by atoms with Gasteiger partial charge in [0.25, 0.3) is 0 Å². The normalized spacial score (nSPS) is 16.6. The second kappa shape index (κ2) is 10.5. The monoisotopic (exact) mass is 507 g/mol. The molecule has 1 atom stereocenters. The van der Waals surface area contributed by atoms with Crippen LogP contribution < -0.4 is 5.32 Å². The molecule has 1 aromatic heterocycles. The van der Waals surface area contributed by atoms with Crippen LogP contribution in [0.2, 0.25) is 0 Å². The van der Waals surface area contributed by atoms with Crippen molar-refractivity contribution < 1.29 is 26.3 Å². The largest absolute Gasteiger partial charge is 0.416 e. The Bertz CT molecular complexity index is 951. The number of H-pyrrole nitrogens is 1. The zero-order valence-corrected chi connectivity index (χ0v) is 19.7. The first kappa shape index (κ1) is 26.3. The molecule has 1 aliphatic heterocycles. The third-order valence-electron chi connectivity index (χ3n) is 5.93. The van der Waals surface area contributed by atoms with E-state index < -0.39 is 29.5 Å². The third-order valence-corrected chi connectivity index (χ3v) is 6.31. The van der Waals surface area contributed by atoms with E-state index >= 15 is 0 Å². The molecule has 0 fully saturated rings. The highest BCUT2D eigenvalue weighted by molar-refractivity contribution is 7.80. The second-order valence-electron chi connectivity index (χ2n) is 8.06. The first-order chi connectivity index (χ1) is 16.0. The molecule has 1 aromatic carbocycles. The summed E-state index contributed by atoms with van der Waals surface area (Å²) in [6.45, 7) is 7.64. The van der Waals surface area contributed by atoms with Gasteiger partial charge in [0.1, 0.15) is 6.04 Å². The molecule has 0 radical (unpaired) electrons. The Balaban J connectivity index is 1.93. The van der Waals surface area contributed by atoms with Crippen LogP contribution in [0.4, 0.5) is 26.3 Å². The Kier molecular flexibility index (Phi) is 8.12. The molecule has 34 heavy (non-hydrogen) atoms. The highest BCUT2D eigenvalue weighted by Crippen LogP contribution is 2.41. The maximum absolute atomic E-state index is 13.5. The fourth-order valence-corrected chi connectivity index (χ4v) is 4.41. The van der Waals surface area contributed by atoms with Crippen molar-refractivity contribution in [3.8, 4) is 0 Å². The van der Waals surface area contributed by atoms with Gasteiger partial charge in [-0.25, -0.2) is 4.98 Å². The SMILES string of the molecule is CCN(CC)CCCNC(=S)N1CCc2[nH]cnc2C1c1cc(C(F)(F)F)cc(C(F)(F)F)c1. The van der Waals surface area contributed by atoms with Crippen LogP contribution in [-0.2, 0) is 18.8 Å². The lowest BCUT2D eigenvalue weighted by Gasteiger charge is -2.37. The maximum atomic E-state index is 13.5. The smallest absolute Gasteiger partial charge is 0.362 e. The van der Waals surface area contributed by atoms with Crippen molar-refractivity contribution in [2.24, 2.45) is 0 Å². The number of thiocarbonyl (C=S) groups is 1.